The van der Waals surface area contributed by atoms with Crippen LogP contribution in [-0.2, 0) is 29.5 Å². The van der Waals surface area contributed by atoms with Crippen LogP contribution in [0.5, 0.6) is 5.75 Å². The Morgan fingerprint density at radius 3 is 2.77 bits per heavy atom. The molecule has 0 radical (unpaired) electrons. The van der Waals surface area contributed by atoms with Crippen LogP contribution in [-0.4, -0.2) is 47.0 Å². The number of aryl methyl sites for hydroxylation is 2. The summed E-state index contributed by atoms with van der Waals surface area (Å²) in [7, 11) is 3.56. The fourth-order valence-electron chi connectivity index (χ4n) is 3.28. The lowest BCUT2D eigenvalue weighted by Gasteiger charge is -2.26. The van der Waals surface area contributed by atoms with Gasteiger partial charge in [-0.1, -0.05) is 12.1 Å². The number of hydrogen-bond acceptors (Lipinski definition) is 4. The van der Waals surface area contributed by atoms with Crippen molar-refractivity contribution in [1.82, 2.24) is 14.7 Å². The van der Waals surface area contributed by atoms with Crippen LogP contribution < -0.4 is 4.74 Å². The molecule has 0 bridgehead atoms. The fraction of sp³-hybridized carbons (Fsp3) is 0.500. The molecule has 0 unspecified atom stereocenters. The molecule has 2 heterocycles. The van der Waals surface area contributed by atoms with Crippen molar-refractivity contribution in [2.45, 2.75) is 38.3 Å². The van der Waals surface area contributed by atoms with Gasteiger partial charge in [-0.25, -0.2) is 0 Å². The zero-order valence-corrected chi connectivity index (χ0v) is 15.6. The van der Waals surface area contributed by atoms with Gasteiger partial charge in [0.2, 0.25) is 5.91 Å². The summed E-state index contributed by atoms with van der Waals surface area (Å²) in [6.45, 7) is 2.04. The molecule has 1 aromatic carbocycles. The summed E-state index contributed by atoms with van der Waals surface area (Å²) in [5.41, 5.74) is 2.16. The molecule has 1 aromatic heterocycles. The van der Waals surface area contributed by atoms with Crippen LogP contribution in [0.1, 0.15) is 30.5 Å². The summed E-state index contributed by atoms with van der Waals surface area (Å²) in [5.74, 6) is 0.972. The van der Waals surface area contributed by atoms with E-state index in [4.69, 9.17) is 9.47 Å². The van der Waals surface area contributed by atoms with E-state index < -0.39 is 0 Å². The maximum absolute atomic E-state index is 12.9. The van der Waals surface area contributed by atoms with Gasteiger partial charge in [-0.05, 0) is 43.0 Å². The lowest BCUT2D eigenvalue weighted by atomic mass is 10.1. The Morgan fingerprint density at radius 2 is 2.15 bits per heavy atom. The molecule has 1 aliphatic heterocycles. The highest BCUT2D eigenvalue weighted by molar-refractivity contribution is 5.76. The monoisotopic (exact) mass is 357 g/mol. The molecule has 6 nitrogen and oxygen atoms in total. The van der Waals surface area contributed by atoms with Crippen LogP contribution in [0.25, 0.3) is 0 Å². The van der Waals surface area contributed by atoms with Gasteiger partial charge in [0.25, 0.3) is 0 Å². The van der Waals surface area contributed by atoms with Gasteiger partial charge in [0.05, 0.1) is 13.2 Å². The molecule has 0 N–H and O–H groups in total. The van der Waals surface area contributed by atoms with E-state index >= 15 is 0 Å². The second-order valence-electron chi connectivity index (χ2n) is 6.70. The molecule has 0 saturated carbocycles. The summed E-state index contributed by atoms with van der Waals surface area (Å²) < 4.78 is 12.8. The minimum Gasteiger partial charge on any atom is -0.497 e. The second kappa shape index (κ2) is 8.85. The van der Waals surface area contributed by atoms with Gasteiger partial charge < -0.3 is 14.4 Å². The van der Waals surface area contributed by atoms with Crippen molar-refractivity contribution in [3.8, 4) is 5.75 Å². The number of methoxy groups -OCH3 is 1. The van der Waals surface area contributed by atoms with Crippen LogP contribution in [0.15, 0.2) is 36.5 Å². The minimum atomic E-state index is 0.147. The first-order valence-electron chi connectivity index (χ1n) is 9.15. The molecule has 1 aliphatic rings. The van der Waals surface area contributed by atoms with E-state index in [0.717, 1.165) is 36.5 Å². The van der Waals surface area contributed by atoms with Gasteiger partial charge in [0, 0.05) is 45.1 Å². The summed E-state index contributed by atoms with van der Waals surface area (Å²) in [6.07, 6.45) is 5.18. The van der Waals surface area contributed by atoms with Gasteiger partial charge in [0.1, 0.15) is 5.75 Å². The average molecular weight is 357 g/mol. The largest absolute Gasteiger partial charge is 0.497 e. The lowest BCUT2D eigenvalue weighted by Crippen LogP contribution is -2.37. The van der Waals surface area contributed by atoms with Crippen LogP contribution in [0, 0.1) is 0 Å². The third-order valence-electron chi connectivity index (χ3n) is 4.85. The number of carbonyl (C=O) groups is 1. The van der Waals surface area contributed by atoms with Crippen molar-refractivity contribution >= 4 is 5.91 Å². The Morgan fingerprint density at radius 1 is 1.35 bits per heavy atom. The Balaban J connectivity index is 1.64. The molecule has 1 fully saturated rings. The van der Waals surface area contributed by atoms with E-state index in [9.17, 15) is 4.79 Å². The fourth-order valence-corrected chi connectivity index (χ4v) is 3.28. The molecule has 140 valence electrons. The third-order valence-corrected chi connectivity index (χ3v) is 4.85. The van der Waals surface area contributed by atoms with E-state index in [-0.39, 0.29) is 12.0 Å². The van der Waals surface area contributed by atoms with Crippen molar-refractivity contribution in [3.05, 3.63) is 47.8 Å². The lowest BCUT2D eigenvalue weighted by molar-refractivity contribution is -0.133. The van der Waals surface area contributed by atoms with E-state index in [2.05, 4.69) is 5.10 Å². The topological polar surface area (TPSA) is 56.6 Å². The van der Waals surface area contributed by atoms with Crippen LogP contribution in [0.4, 0.5) is 0 Å². The third kappa shape index (κ3) is 4.85. The number of benzene rings is 1. The Bertz CT molecular complexity index is 705. The molecule has 1 saturated heterocycles. The zero-order chi connectivity index (χ0) is 18.4. The first-order valence-corrected chi connectivity index (χ1v) is 9.15. The second-order valence-corrected chi connectivity index (χ2v) is 6.70. The van der Waals surface area contributed by atoms with E-state index in [1.54, 1.807) is 13.3 Å². The zero-order valence-electron chi connectivity index (χ0n) is 15.6. The SMILES string of the molecule is COc1ccc(CN(C[C@H]2CCCO2)C(=O)CCc2ccnn2C)cc1. The molecule has 1 atom stereocenters. The van der Waals surface area contributed by atoms with Crippen LogP contribution >= 0.6 is 0 Å². The summed E-state index contributed by atoms with van der Waals surface area (Å²) in [5, 5.41) is 4.17. The molecular weight excluding hydrogens is 330 g/mol. The number of carbonyl (C=O) groups excluding carboxylic acids is 1. The van der Waals surface area contributed by atoms with Gasteiger partial charge in [0.15, 0.2) is 0 Å². The van der Waals surface area contributed by atoms with Crippen molar-refractivity contribution < 1.29 is 14.3 Å². The van der Waals surface area contributed by atoms with Gasteiger partial charge in [-0.3, -0.25) is 9.48 Å². The maximum Gasteiger partial charge on any atom is 0.223 e. The Hall–Kier alpha value is -2.34. The number of amides is 1. The van der Waals surface area contributed by atoms with E-state index in [1.165, 1.54) is 0 Å². The number of aromatic nitrogens is 2. The molecule has 0 spiro atoms. The highest BCUT2D eigenvalue weighted by atomic mass is 16.5. The molecule has 2 aromatic rings. The molecular formula is C20H27N3O3. The van der Waals surface area contributed by atoms with Crippen LogP contribution in [0.3, 0.4) is 0 Å². The number of nitrogens with zero attached hydrogens (tertiary/aromatic N) is 3. The van der Waals surface area contributed by atoms with Gasteiger partial charge in [-0.15, -0.1) is 0 Å². The van der Waals surface area contributed by atoms with Gasteiger partial charge in [-0.2, -0.15) is 5.10 Å². The summed E-state index contributed by atoms with van der Waals surface area (Å²) >= 11 is 0. The smallest absolute Gasteiger partial charge is 0.223 e. The predicted molar refractivity (Wildman–Crippen MR) is 98.9 cm³/mol. The first kappa shape index (κ1) is 18.5. The van der Waals surface area contributed by atoms with Gasteiger partial charge >= 0.3 is 0 Å². The van der Waals surface area contributed by atoms with Crippen molar-refractivity contribution in [2.24, 2.45) is 7.05 Å². The highest BCUT2D eigenvalue weighted by Crippen LogP contribution is 2.18. The van der Waals surface area contributed by atoms with Crippen molar-refractivity contribution in [1.29, 1.82) is 0 Å². The Labute approximate surface area is 154 Å². The summed E-state index contributed by atoms with van der Waals surface area (Å²) in [4.78, 5) is 14.8. The highest BCUT2D eigenvalue weighted by Gasteiger charge is 2.23. The molecule has 3 rings (SSSR count). The predicted octanol–water partition coefficient (Wildman–Crippen LogP) is 2.57. The van der Waals surface area contributed by atoms with E-state index in [0.29, 0.717) is 25.9 Å². The number of ether oxygens (including phenoxy) is 2. The maximum atomic E-state index is 12.9. The molecule has 0 aliphatic carbocycles. The van der Waals surface area contributed by atoms with Crippen molar-refractivity contribution in [3.63, 3.8) is 0 Å². The quantitative estimate of drug-likeness (QED) is 0.729. The average Bonchev–Trinajstić information content (AvgIpc) is 3.31. The molecule has 6 heteroatoms. The minimum absolute atomic E-state index is 0.147. The van der Waals surface area contributed by atoms with Crippen molar-refractivity contribution in [2.75, 3.05) is 20.3 Å². The molecule has 26 heavy (non-hydrogen) atoms. The van der Waals surface area contributed by atoms with E-state index in [1.807, 2.05) is 47.0 Å². The Kier molecular flexibility index (Phi) is 6.28. The standard InChI is InChI=1S/C20H27N3O3/c1-22-17(11-12-21-22)7-10-20(24)23(15-19-4-3-13-26-19)14-16-5-8-18(25-2)9-6-16/h5-6,8-9,11-12,19H,3-4,7,10,13-15H2,1-2H3/t19-/m1/s1. The number of rotatable bonds is 8. The summed E-state index contributed by atoms with van der Waals surface area (Å²) in [6, 6.07) is 9.84. The van der Waals surface area contributed by atoms with Crippen LogP contribution in [0.2, 0.25) is 0 Å². The number of hydrogen-bond donors (Lipinski definition) is 0. The molecule has 1 amide bonds. The first-order chi connectivity index (χ1) is 12.7. The normalized spacial score (nSPS) is 16.6.